The number of nitrogens with one attached hydrogen (secondary N) is 1. The van der Waals surface area contributed by atoms with Gasteiger partial charge in [0.05, 0.1) is 25.4 Å². The molecule has 7 atom stereocenters. The predicted molar refractivity (Wildman–Crippen MR) is 341 cm³/mol. The van der Waals surface area contributed by atoms with Crippen molar-refractivity contribution in [3.05, 3.63) is 48.6 Å². The van der Waals surface area contributed by atoms with Crippen LogP contribution in [0.1, 0.15) is 341 Å². The van der Waals surface area contributed by atoms with E-state index in [0.717, 1.165) is 44.9 Å². The topological polar surface area (TPSA) is 149 Å². The van der Waals surface area contributed by atoms with Crippen molar-refractivity contribution in [2.45, 2.75) is 384 Å². The first-order valence-corrected chi connectivity index (χ1v) is 34.9. The van der Waals surface area contributed by atoms with Crippen molar-refractivity contribution in [1.29, 1.82) is 0 Å². The van der Waals surface area contributed by atoms with Gasteiger partial charge in [0, 0.05) is 6.42 Å². The highest BCUT2D eigenvalue weighted by Crippen LogP contribution is 2.23. The smallest absolute Gasteiger partial charge is 0.220 e. The van der Waals surface area contributed by atoms with Crippen molar-refractivity contribution in [2.24, 2.45) is 0 Å². The second-order valence-electron chi connectivity index (χ2n) is 24.3. The van der Waals surface area contributed by atoms with Crippen LogP contribution in [0.5, 0.6) is 0 Å². The Hall–Kier alpha value is -1.85. The summed E-state index contributed by atoms with van der Waals surface area (Å²) in [5.41, 5.74) is 0. The maximum absolute atomic E-state index is 13.1. The highest BCUT2D eigenvalue weighted by Gasteiger charge is 2.44. The number of allylic oxidation sites excluding steroid dienone is 7. The lowest BCUT2D eigenvalue weighted by atomic mass is 9.99. The maximum Gasteiger partial charge on any atom is 0.220 e. The summed E-state index contributed by atoms with van der Waals surface area (Å²) in [6.07, 6.45) is 75.1. The molecule has 1 aliphatic rings. The molecule has 0 spiro atoms. The van der Waals surface area contributed by atoms with E-state index in [9.17, 15) is 30.3 Å². The molecule has 0 saturated carbocycles. The van der Waals surface area contributed by atoms with Gasteiger partial charge in [-0.1, -0.05) is 313 Å². The Morgan fingerprint density at radius 1 is 0.412 bits per heavy atom. The standard InChI is InChI=1S/C71H133NO8/c1-3-5-7-9-11-13-15-17-19-21-23-25-27-29-30-31-32-33-34-35-37-39-41-43-45-47-49-51-53-55-57-59-61-67(75)72-64(63-79-71-70(78)69(77)68(76)66(62-73)80-71)65(74)60-58-56-54-52-50-48-46-44-42-40-38-36-28-26-24-22-20-18-16-14-12-10-8-6-4-2/h29-30,42,44,50,52,58,60,64-66,68-71,73-74,76-78H,3-28,31-41,43,45-49,51,53-57,59,61-63H2,1-2H3,(H,72,75)/b30-29-,44-42+,52-50+,60-58+. The molecule has 7 unspecified atom stereocenters. The fourth-order valence-corrected chi connectivity index (χ4v) is 11.1. The molecule has 0 aromatic carbocycles. The zero-order valence-electron chi connectivity index (χ0n) is 52.6. The van der Waals surface area contributed by atoms with E-state index in [4.69, 9.17) is 9.47 Å². The number of rotatable bonds is 61. The van der Waals surface area contributed by atoms with E-state index in [1.165, 1.54) is 276 Å². The lowest BCUT2D eigenvalue weighted by Crippen LogP contribution is -2.60. The Kier molecular flexibility index (Phi) is 57.4. The van der Waals surface area contributed by atoms with E-state index in [-0.39, 0.29) is 12.5 Å². The van der Waals surface area contributed by atoms with Crippen LogP contribution in [0.3, 0.4) is 0 Å². The fourth-order valence-electron chi connectivity index (χ4n) is 11.1. The minimum Gasteiger partial charge on any atom is -0.394 e. The molecule has 1 amide bonds. The quantitative estimate of drug-likeness (QED) is 0.0261. The first-order chi connectivity index (χ1) is 39.3. The second-order valence-corrected chi connectivity index (χ2v) is 24.3. The molecular formula is C71H133NO8. The van der Waals surface area contributed by atoms with Crippen molar-refractivity contribution >= 4 is 5.91 Å². The number of aliphatic hydroxyl groups excluding tert-OH is 5. The molecule has 1 aliphatic heterocycles. The van der Waals surface area contributed by atoms with Crippen LogP contribution in [0.15, 0.2) is 48.6 Å². The summed E-state index contributed by atoms with van der Waals surface area (Å²) >= 11 is 0. The van der Waals surface area contributed by atoms with E-state index in [1.54, 1.807) is 6.08 Å². The Morgan fingerprint density at radius 2 is 0.713 bits per heavy atom. The Labute approximate surface area is 494 Å². The zero-order valence-corrected chi connectivity index (χ0v) is 52.6. The highest BCUT2D eigenvalue weighted by molar-refractivity contribution is 5.76. The normalized spacial score (nSPS) is 18.7. The van der Waals surface area contributed by atoms with Gasteiger partial charge in [-0.3, -0.25) is 4.79 Å². The molecule has 1 fully saturated rings. The highest BCUT2D eigenvalue weighted by atomic mass is 16.7. The molecule has 9 heteroatoms. The lowest BCUT2D eigenvalue weighted by Gasteiger charge is -2.40. The van der Waals surface area contributed by atoms with Gasteiger partial charge < -0.3 is 40.3 Å². The number of ether oxygens (including phenoxy) is 2. The number of unbranched alkanes of at least 4 members (excludes halogenated alkanes) is 45. The Balaban J connectivity index is 2.15. The minimum absolute atomic E-state index is 0.186. The van der Waals surface area contributed by atoms with Crippen LogP contribution in [-0.4, -0.2) is 87.5 Å². The molecule has 1 heterocycles. The Bertz CT molecular complexity index is 1400. The third-order valence-electron chi connectivity index (χ3n) is 16.6. The second kappa shape index (κ2) is 60.3. The molecule has 1 saturated heterocycles. The third kappa shape index (κ3) is 48.5. The van der Waals surface area contributed by atoms with E-state index >= 15 is 0 Å². The van der Waals surface area contributed by atoms with E-state index < -0.39 is 49.5 Å². The van der Waals surface area contributed by atoms with Gasteiger partial charge in [-0.15, -0.1) is 0 Å². The van der Waals surface area contributed by atoms with E-state index in [0.29, 0.717) is 6.42 Å². The summed E-state index contributed by atoms with van der Waals surface area (Å²) in [6, 6.07) is -0.830. The van der Waals surface area contributed by atoms with Gasteiger partial charge in [-0.2, -0.15) is 0 Å². The van der Waals surface area contributed by atoms with E-state index in [2.05, 4.69) is 55.6 Å². The van der Waals surface area contributed by atoms with Crippen molar-refractivity contribution in [1.82, 2.24) is 5.32 Å². The van der Waals surface area contributed by atoms with Gasteiger partial charge in [-0.25, -0.2) is 0 Å². The van der Waals surface area contributed by atoms with Gasteiger partial charge in [0.15, 0.2) is 6.29 Å². The molecule has 6 N–H and O–H groups in total. The van der Waals surface area contributed by atoms with Crippen LogP contribution in [0.4, 0.5) is 0 Å². The van der Waals surface area contributed by atoms with Crippen LogP contribution in [0.25, 0.3) is 0 Å². The van der Waals surface area contributed by atoms with Gasteiger partial charge in [0.1, 0.15) is 24.4 Å². The summed E-state index contributed by atoms with van der Waals surface area (Å²) in [5.74, 6) is -0.186. The SMILES string of the molecule is CCCCCCCCCCCCCC/C=C\CCCCCCCCCCCCCCCCCCC(=O)NC(COC1OC(CO)C(O)C(O)C1O)C(O)/C=C/CC/C=C/CC/C=C/CCCCCCCCCCCCCCCCC. The van der Waals surface area contributed by atoms with Gasteiger partial charge in [0.25, 0.3) is 0 Å². The third-order valence-corrected chi connectivity index (χ3v) is 16.6. The molecule has 1 rings (SSSR count). The largest absolute Gasteiger partial charge is 0.394 e. The summed E-state index contributed by atoms with van der Waals surface area (Å²) in [4.78, 5) is 13.1. The molecule has 470 valence electrons. The average molecular weight is 1130 g/mol. The number of hydrogen-bond acceptors (Lipinski definition) is 8. The molecule has 0 aromatic heterocycles. The number of amides is 1. The van der Waals surface area contributed by atoms with Crippen LogP contribution < -0.4 is 5.32 Å². The van der Waals surface area contributed by atoms with Crippen LogP contribution in [0, 0.1) is 0 Å². The monoisotopic (exact) mass is 1130 g/mol. The van der Waals surface area contributed by atoms with Crippen LogP contribution in [-0.2, 0) is 14.3 Å². The van der Waals surface area contributed by atoms with Crippen molar-refractivity contribution in [2.75, 3.05) is 13.2 Å². The van der Waals surface area contributed by atoms with Crippen LogP contribution in [0.2, 0.25) is 0 Å². The van der Waals surface area contributed by atoms with Crippen molar-refractivity contribution in [3.8, 4) is 0 Å². The molecule has 0 bridgehead atoms. The van der Waals surface area contributed by atoms with Crippen molar-refractivity contribution < 1.29 is 39.8 Å². The predicted octanol–water partition coefficient (Wildman–Crippen LogP) is 18.8. The number of carbonyl (C=O) groups excluding carboxylic acids is 1. The maximum atomic E-state index is 13.1. The number of hydrogen-bond donors (Lipinski definition) is 6. The molecule has 0 aliphatic carbocycles. The molecule has 0 radical (unpaired) electrons. The first kappa shape index (κ1) is 76.2. The molecule has 80 heavy (non-hydrogen) atoms. The summed E-state index contributed by atoms with van der Waals surface area (Å²) in [6.45, 7) is 3.81. The van der Waals surface area contributed by atoms with Crippen molar-refractivity contribution in [3.63, 3.8) is 0 Å². The van der Waals surface area contributed by atoms with Gasteiger partial charge >= 0.3 is 0 Å². The molecular weight excluding hydrogens is 995 g/mol. The minimum atomic E-state index is -1.58. The first-order valence-electron chi connectivity index (χ1n) is 34.9. The Morgan fingerprint density at radius 3 is 1.05 bits per heavy atom. The molecule has 0 aromatic rings. The molecule has 9 nitrogen and oxygen atoms in total. The zero-order chi connectivity index (χ0) is 57.9. The average Bonchev–Trinajstić information content (AvgIpc) is 3.46. The lowest BCUT2D eigenvalue weighted by molar-refractivity contribution is -0.302. The van der Waals surface area contributed by atoms with Crippen LogP contribution >= 0.6 is 0 Å². The van der Waals surface area contributed by atoms with Gasteiger partial charge in [-0.05, 0) is 70.6 Å². The van der Waals surface area contributed by atoms with E-state index in [1.807, 2.05) is 6.08 Å². The van der Waals surface area contributed by atoms with Gasteiger partial charge in [0.2, 0.25) is 5.91 Å². The summed E-state index contributed by atoms with van der Waals surface area (Å²) < 4.78 is 11.3. The summed E-state index contributed by atoms with van der Waals surface area (Å²) in [7, 11) is 0. The number of aliphatic hydroxyl groups is 5. The fraction of sp³-hybridized carbons (Fsp3) is 0.873. The number of carbonyl (C=O) groups is 1. The summed E-state index contributed by atoms with van der Waals surface area (Å²) in [5, 5.41) is 54.7.